The Bertz CT molecular complexity index is 905. The van der Waals surface area contributed by atoms with E-state index in [-0.39, 0.29) is 17.2 Å². The third kappa shape index (κ3) is 8.53. The molecule has 0 radical (unpaired) electrons. The zero-order chi connectivity index (χ0) is 26.0. The highest BCUT2D eigenvalue weighted by atomic mass is 16.7. The van der Waals surface area contributed by atoms with Gasteiger partial charge < -0.3 is 14.2 Å². The monoisotopic (exact) mass is 495 g/mol. The molecule has 0 saturated carbocycles. The molecule has 2 aromatic rings. The first-order chi connectivity index (χ1) is 17.2. The summed E-state index contributed by atoms with van der Waals surface area (Å²) in [5.74, 6) is 0. The molecule has 1 atom stereocenters. The number of piperidine rings is 1. The molecule has 0 N–H and O–H groups in total. The molecule has 2 aromatic carbocycles. The van der Waals surface area contributed by atoms with Gasteiger partial charge in [0.2, 0.25) is 0 Å². The fourth-order valence-corrected chi connectivity index (χ4v) is 4.83. The van der Waals surface area contributed by atoms with Gasteiger partial charge >= 0.3 is 0 Å². The molecule has 0 aromatic heterocycles. The Morgan fingerprint density at radius 1 is 0.778 bits per heavy atom. The van der Waals surface area contributed by atoms with Crippen molar-refractivity contribution in [2.45, 2.75) is 84.3 Å². The summed E-state index contributed by atoms with van der Waals surface area (Å²) in [6.07, 6.45) is 5.39. The van der Waals surface area contributed by atoms with E-state index >= 15 is 0 Å². The second-order valence-corrected chi connectivity index (χ2v) is 10.9. The van der Waals surface area contributed by atoms with Gasteiger partial charge in [0.1, 0.15) is 6.10 Å². The van der Waals surface area contributed by atoms with Crippen LogP contribution in [0.2, 0.25) is 0 Å². The highest BCUT2D eigenvalue weighted by Crippen LogP contribution is 2.40. The molecule has 1 heterocycles. The van der Waals surface area contributed by atoms with Gasteiger partial charge in [-0.1, -0.05) is 61.2 Å². The maximum atomic E-state index is 6.51. The average molecular weight is 496 g/mol. The molecule has 0 bridgehead atoms. The lowest BCUT2D eigenvalue weighted by Crippen LogP contribution is -2.58. The maximum absolute atomic E-state index is 6.51. The zero-order valence-electron chi connectivity index (χ0n) is 22.9. The summed E-state index contributed by atoms with van der Waals surface area (Å²) in [6.45, 7) is 18.4. The molecular weight excluding hydrogens is 450 g/mol. The molecular formula is C31H45NO4. The molecule has 3 rings (SSSR count). The van der Waals surface area contributed by atoms with E-state index in [1.54, 1.807) is 0 Å². The van der Waals surface area contributed by atoms with Crippen LogP contribution in [0.1, 0.15) is 82.2 Å². The summed E-state index contributed by atoms with van der Waals surface area (Å²) in [6, 6.07) is 16.7. The van der Waals surface area contributed by atoms with Crippen LogP contribution >= 0.6 is 0 Å². The van der Waals surface area contributed by atoms with Gasteiger partial charge in [0.05, 0.1) is 39.6 Å². The summed E-state index contributed by atoms with van der Waals surface area (Å²) in [5.41, 5.74) is 4.66. The average Bonchev–Trinajstić information content (AvgIpc) is 2.85. The predicted octanol–water partition coefficient (Wildman–Crippen LogP) is 7.12. The molecule has 0 amide bonds. The van der Waals surface area contributed by atoms with Crippen molar-refractivity contribution in [2.24, 2.45) is 0 Å². The number of hydrogen-bond acceptors (Lipinski definition) is 5. The molecule has 5 nitrogen and oxygen atoms in total. The third-order valence-corrected chi connectivity index (χ3v) is 6.89. The Kier molecular flexibility index (Phi) is 10.7. The minimum Gasteiger partial charge on any atom is -0.377 e. The van der Waals surface area contributed by atoms with Crippen molar-refractivity contribution in [2.75, 3.05) is 26.4 Å². The number of hydroxylamine groups is 2. The number of nitrogens with zero attached hydrogens (tertiary/aromatic N) is 1. The van der Waals surface area contributed by atoms with Crippen LogP contribution in [0.25, 0.3) is 6.08 Å². The second kappa shape index (κ2) is 13.5. The Balaban J connectivity index is 1.29. The second-order valence-electron chi connectivity index (χ2n) is 10.9. The van der Waals surface area contributed by atoms with Gasteiger partial charge in [-0.25, -0.2) is 0 Å². The van der Waals surface area contributed by atoms with Gasteiger partial charge in [0.25, 0.3) is 0 Å². The van der Waals surface area contributed by atoms with Gasteiger partial charge in [-0.15, -0.1) is 0 Å². The molecule has 1 fully saturated rings. The minimum absolute atomic E-state index is 0.00116. The topological polar surface area (TPSA) is 40.2 Å². The molecule has 5 heteroatoms. The Labute approximate surface area is 218 Å². The standard InChI is InChI=1S/C31H45NO4/c1-7-26-9-11-27(12-10-26)23-34-21-19-33-20-22-35-24-28-13-15-29(16-14-28)25(2)36-32-30(3,4)17-8-18-31(32,5)6/h7,9-16,25H,1,8,17-24H2,2-6H3. The predicted molar refractivity (Wildman–Crippen MR) is 146 cm³/mol. The van der Waals surface area contributed by atoms with E-state index in [0.29, 0.717) is 39.6 Å². The third-order valence-electron chi connectivity index (χ3n) is 6.89. The first kappa shape index (κ1) is 28.5. The fraction of sp³-hybridized carbons (Fsp3) is 0.548. The Morgan fingerprint density at radius 3 is 1.75 bits per heavy atom. The van der Waals surface area contributed by atoms with Crippen molar-refractivity contribution in [1.29, 1.82) is 0 Å². The van der Waals surface area contributed by atoms with Crippen LogP contribution in [0, 0.1) is 0 Å². The van der Waals surface area contributed by atoms with Gasteiger partial charge in [-0.2, -0.15) is 5.06 Å². The van der Waals surface area contributed by atoms with Crippen LogP contribution in [0.4, 0.5) is 0 Å². The number of hydrogen-bond donors (Lipinski definition) is 0. The molecule has 1 unspecified atom stereocenters. The smallest absolute Gasteiger partial charge is 0.102 e. The van der Waals surface area contributed by atoms with Crippen molar-refractivity contribution < 1.29 is 19.0 Å². The van der Waals surface area contributed by atoms with Crippen LogP contribution in [-0.2, 0) is 32.3 Å². The zero-order valence-corrected chi connectivity index (χ0v) is 22.9. The molecule has 0 aliphatic carbocycles. The molecule has 1 aliphatic heterocycles. The van der Waals surface area contributed by atoms with E-state index in [1.165, 1.54) is 12.0 Å². The van der Waals surface area contributed by atoms with Crippen molar-refractivity contribution >= 4 is 6.08 Å². The van der Waals surface area contributed by atoms with Gasteiger partial charge in [-0.05, 0) is 76.1 Å². The first-order valence-electron chi connectivity index (χ1n) is 13.2. The van der Waals surface area contributed by atoms with Gasteiger partial charge in [0.15, 0.2) is 0 Å². The van der Waals surface area contributed by atoms with E-state index < -0.39 is 0 Å². The highest BCUT2D eigenvalue weighted by Gasteiger charge is 2.43. The number of benzene rings is 2. The van der Waals surface area contributed by atoms with Crippen LogP contribution in [0.5, 0.6) is 0 Å². The van der Waals surface area contributed by atoms with Crippen molar-refractivity contribution in [3.05, 3.63) is 77.4 Å². The van der Waals surface area contributed by atoms with Crippen molar-refractivity contribution in [1.82, 2.24) is 5.06 Å². The highest BCUT2D eigenvalue weighted by molar-refractivity contribution is 5.47. The van der Waals surface area contributed by atoms with E-state index in [9.17, 15) is 0 Å². The van der Waals surface area contributed by atoms with Crippen LogP contribution in [0.15, 0.2) is 55.1 Å². The summed E-state index contributed by atoms with van der Waals surface area (Å²) < 4.78 is 17.1. The number of ether oxygens (including phenoxy) is 3. The number of rotatable bonds is 14. The minimum atomic E-state index is -0.00116. The van der Waals surface area contributed by atoms with Gasteiger partial charge in [-0.3, -0.25) is 4.84 Å². The van der Waals surface area contributed by atoms with Crippen LogP contribution in [0.3, 0.4) is 0 Å². The van der Waals surface area contributed by atoms with Gasteiger partial charge in [0, 0.05) is 11.1 Å². The molecule has 198 valence electrons. The Morgan fingerprint density at radius 2 is 1.25 bits per heavy atom. The van der Waals surface area contributed by atoms with Crippen molar-refractivity contribution in [3.63, 3.8) is 0 Å². The van der Waals surface area contributed by atoms with E-state index in [4.69, 9.17) is 19.0 Å². The normalized spacial score (nSPS) is 18.1. The lowest BCUT2D eigenvalue weighted by molar-refractivity contribution is -0.304. The molecule has 0 spiro atoms. The lowest BCUT2D eigenvalue weighted by Gasteiger charge is -2.52. The van der Waals surface area contributed by atoms with E-state index in [1.807, 2.05) is 18.2 Å². The lowest BCUT2D eigenvalue weighted by atomic mass is 9.82. The first-order valence-corrected chi connectivity index (χ1v) is 13.2. The SMILES string of the molecule is C=Cc1ccc(COCCOCCOCc2ccc(C(C)ON3C(C)(C)CCCC3(C)C)cc2)cc1. The quantitative estimate of drug-likeness (QED) is 0.261. The van der Waals surface area contributed by atoms with Crippen LogP contribution in [-0.4, -0.2) is 42.6 Å². The van der Waals surface area contributed by atoms with E-state index in [2.05, 4.69) is 82.7 Å². The maximum Gasteiger partial charge on any atom is 0.102 e. The summed E-state index contributed by atoms with van der Waals surface area (Å²) in [5, 5.41) is 2.23. The largest absolute Gasteiger partial charge is 0.377 e. The fourth-order valence-electron chi connectivity index (χ4n) is 4.83. The van der Waals surface area contributed by atoms with Crippen LogP contribution < -0.4 is 0 Å². The van der Waals surface area contributed by atoms with Crippen molar-refractivity contribution in [3.8, 4) is 0 Å². The summed E-state index contributed by atoms with van der Waals surface area (Å²) in [4.78, 5) is 6.51. The summed E-state index contributed by atoms with van der Waals surface area (Å²) >= 11 is 0. The van der Waals surface area contributed by atoms with E-state index in [0.717, 1.165) is 29.5 Å². The molecule has 1 saturated heterocycles. The Hall–Kier alpha value is -2.02. The molecule has 1 aliphatic rings. The molecule has 36 heavy (non-hydrogen) atoms. The summed E-state index contributed by atoms with van der Waals surface area (Å²) in [7, 11) is 0.